The van der Waals surface area contributed by atoms with Gasteiger partial charge in [-0.2, -0.15) is 13.2 Å². The zero-order chi connectivity index (χ0) is 14.8. The second-order valence-electron chi connectivity index (χ2n) is 3.70. The van der Waals surface area contributed by atoms with Crippen LogP contribution in [-0.4, -0.2) is 18.1 Å². The Bertz CT molecular complexity index is 478. The van der Waals surface area contributed by atoms with Gasteiger partial charge in [0.05, 0.1) is 11.3 Å². The Hall–Kier alpha value is -1.32. The molecule has 2 amide bonds. The molecule has 0 aliphatic carbocycles. The highest BCUT2D eigenvalue weighted by Gasteiger charge is 2.35. The van der Waals surface area contributed by atoms with Crippen molar-refractivity contribution in [1.82, 2.24) is 5.01 Å². The molecule has 0 heterocycles. The molecule has 0 bridgehead atoms. The van der Waals surface area contributed by atoms with Crippen molar-refractivity contribution in [3.63, 3.8) is 0 Å². The Labute approximate surface area is 116 Å². The molecule has 0 spiro atoms. The summed E-state index contributed by atoms with van der Waals surface area (Å²) in [6.45, 7) is 0. The first-order chi connectivity index (χ1) is 8.70. The quantitative estimate of drug-likeness (QED) is 0.375. The van der Waals surface area contributed by atoms with Crippen molar-refractivity contribution in [3.05, 3.63) is 29.3 Å². The number of hydrazine groups is 2. The Morgan fingerprint density at radius 1 is 1.37 bits per heavy atom. The molecule has 19 heavy (non-hydrogen) atoms. The van der Waals surface area contributed by atoms with Gasteiger partial charge in [-0.25, -0.2) is 21.5 Å². The maximum absolute atomic E-state index is 12.8. The number of alkyl halides is 4. The molecule has 5 nitrogen and oxygen atoms in total. The molecular weight excluding hydrogens is 329 g/mol. The van der Waals surface area contributed by atoms with Crippen molar-refractivity contribution in [2.24, 2.45) is 11.7 Å². The third-order valence-corrected chi connectivity index (χ3v) is 2.92. The summed E-state index contributed by atoms with van der Waals surface area (Å²) in [5.41, 5.74) is -1.05. The van der Waals surface area contributed by atoms with E-state index in [9.17, 15) is 18.0 Å². The van der Waals surface area contributed by atoms with E-state index in [1.165, 1.54) is 19.2 Å². The number of halogens is 4. The molecule has 1 aromatic rings. The second-order valence-corrected chi connectivity index (χ2v) is 4.26. The number of rotatable bonds is 2. The van der Waals surface area contributed by atoms with Crippen LogP contribution < -0.4 is 16.7 Å². The summed E-state index contributed by atoms with van der Waals surface area (Å²) in [5.74, 6) is 10.7. The van der Waals surface area contributed by atoms with Crippen LogP contribution in [0.1, 0.15) is 11.1 Å². The lowest BCUT2D eigenvalue weighted by atomic mass is 10.1. The number of amides is 2. The summed E-state index contributed by atoms with van der Waals surface area (Å²) >= 11 is 2.97. The summed E-state index contributed by atoms with van der Waals surface area (Å²) in [6, 6.07) is 2.58. The molecule has 0 radical (unpaired) electrons. The molecule has 0 fully saturated rings. The Kier molecular flexibility index (Phi) is 4.77. The minimum atomic E-state index is -4.53. The monoisotopic (exact) mass is 340 g/mol. The van der Waals surface area contributed by atoms with E-state index in [4.69, 9.17) is 11.7 Å². The fourth-order valence-electron chi connectivity index (χ4n) is 1.48. The van der Waals surface area contributed by atoms with Gasteiger partial charge in [0.25, 0.3) is 0 Å². The molecule has 1 aromatic carbocycles. The van der Waals surface area contributed by atoms with Gasteiger partial charge in [0.15, 0.2) is 0 Å². The summed E-state index contributed by atoms with van der Waals surface area (Å²) < 4.78 is 38.5. The largest absolute Gasteiger partial charge is 0.416 e. The van der Waals surface area contributed by atoms with Crippen molar-refractivity contribution >= 4 is 27.6 Å². The minimum Gasteiger partial charge on any atom is -0.264 e. The lowest BCUT2D eigenvalue weighted by molar-refractivity contribution is -0.138. The van der Waals surface area contributed by atoms with Gasteiger partial charge in [-0.15, -0.1) is 0 Å². The van der Waals surface area contributed by atoms with E-state index in [1.807, 2.05) is 0 Å². The van der Waals surface area contributed by atoms with Gasteiger partial charge >= 0.3 is 12.2 Å². The van der Waals surface area contributed by atoms with Crippen molar-refractivity contribution in [1.29, 1.82) is 0 Å². The first-order valence-electron chi connectivity index (χ1n) is 5.02. The molecule has 0 atom stereocenters. The zero-order valence-electron chi connectivity index (χ0n) is 9.91. The van der Waals surface area contributed by atoms with E-state index in [0.29, 0.717) is 10.0 Å². The first kappa shape index (κ1) is 15.7. The van der Waals surface area contributed by atoms with Crippen LogP contribution in [0.4, 0.5) is 23.7 Å². The molecule has 0 unspecified atom stereocenters. The Morgan fingerprint density at radius 3 is 2.37 bits per heavy atom. The van der Waals surface area contributed by atoms with Crippen LogP contribution in [0.3, 0.4) is 0 Å². The van der Waals surface area contributed by atoms with Crippen LogP contribution in [-0.2, 0) is 11.5 Å². The average molecular weight is 341 g/mol. The fraction of sp³-hybridized carbons (Fsp3) is 0.300. The number of nitrogens with two attached hydrogens (primary N) is 2. The Balaban J connectivity index is 3.33. The summed E-state index contributed by atoms with van der Waals surface area (Å²) in [7, 11) is 1.24. The number of benzene rings is 1. The molecule has 9 heteroatoms. The molecule has 1 rings (SSSR count). The first-order valence-corrected chi connectivity index (χ1v) is 6.14. The highest BCUT2D eigenvalue weighted by atomic mass is 79.9. The summed E-state index contributed by atoms with van der Waals surface area (Å²) in [5, 5.41) is 1.15. The van der Waals surface area contributed by atoms with Gasteiger partial charge in [0, 0.05) is 17.9 Å². The second kappa shape index (κ2) is 5.76. The van der Waals surface area contributed by atoms with Crippen LogP contribution >= 0.6 is 15.9 Å². The average Bonchev–Trinajstić information content (AvgIpc) is 2.34. The zero-order valence-corrected chi connectivity index (χ0v) is 11.5. The minimum absolute atomic E-state index is 0.0611. The fourth-order valence-corrected chi connectivity index (χ4v) is 2.07. The molecule has 0 aromatic heterocycles. The van der Waals surface area contributed by atoms with Gasteiger partial charge in [-0.3, -0.25) is 5.01 Å². The molecule has 0 aliphatic rings. The number of anilines is 1. The van der Waals surface area contributed by atoms with Crippen LogP contribution in [0.2, 0.25) is 0 Å². The van der Waals surface area contributed by atoms with Gasteiger partial charge in [-0.05, 0) is 12.1 Å². The van der Waals surface area contributed by atoms with Gasteiger partial charge < -0.3 is 0 Å². The van der Waals surface area contributed by atoms with E-state index >= 15 is 0 Å². The summed E-state index contributed by atoms with van der Waals surface area (Å²) in [4.78, 5) is 11.6. The van der Waals surface area contributed by atoms with E-state index < -0.39 is 17.8 Å². The van der Waals surface area contributed by atoms with Crippen LogP contribution in [0.15, 0.2) is 18.2 Å². The standard InChI is InChI=1S/C10H12BrF3N4O/c1-17(15)9(19)18(16)8-4-2-3-7(6(8)5-11)10(12,13)14/h2-4H,5,15-16H2,1H3. The number of carbonyl (C=O) groups excluding carboxylic acids is 1. The lowest BCUT2D eigenvalue weighted by Crippen LogP contribution is -2.49. The number of hydrogen-bond acceptors (Lipinski definition) is 3. The predicted molar refractivity (Wildman–Crippen MR) is 68.1 cm³/mol. The van der Waals surface area contributed by atoms with Gasteiger partial charge in [0.2, 0.25) is 0 Å². The maximum Gasteiger partial charge on any atom is 0.416 e. The van der Waals surface area contributed by atoms with E-state index in [1.54, 1.807) is 0 Å². The van der Waals surface area contributed by atoms with Gasteiger partial charge in [0.1, 0.15) is 0 Å². The van der Waals surface area contributed by atoms with Crippen LogP contribution in [0.5, 0.6) is 0 Å². The van der Waals surface area contributed by atoms with Gasteiger partial charge in [-0.1, -0.05) is 22.0 Å². The Morgan fingerprint density at radius 2 is 1.95 bits per heavy atom. The van der Waals surface area contributed by atoms with Crippen molar-refractivity contribution in [2.75, 3.05) is 12.1 Å². The van der Waals surface area contributed by atoms with E-state index in [0.717, 1.165) is 6.07 Å². The number of carbonyl (C=O) groups is 1. The third kappa shape index (κ3) is 3.37. The molecular formula is C10H12BrF3N4O. The van der Waals surface area contributed by atoms with Crippen molar-refractivity contribution in [3.8, 4) is 0 Å². The third-order valence-electron chi connectivity index (χ3n) is 2.36. The molecule has 4 N–H and O–H groups in total. The molecule has 0 aliphatic heterocycles. The van der Waals surface area contributed by atoms with E-state index in [2.05, 4.69) is 15.9 Å². The predicted octanol–water partition coefficient (Wildman–Crippen LogP) is 2.21. The SMILES string of the molecule is CN(N)C(=O)N(N)c1cccc(C(F)(F)F)c1CBr. The number of urea groups is 1. The number of nitrogens with zero attached hydrogens (tertiary/aromatic N) is 2. The molecule has 106 valence electrons. The smallest absolute Gasteiger partial charge is 0.264 e. The number of hydrogen-bond donors (Lipinski definition) is 2. The van der Waals surface area contributed by atoms with Crippen molar-refractivity contribution in [2.45, 2.75) is 11.5 Å². The molecule has 0 saturated carbocycles. The van der Waals surface area contributed by atoms with Crippen LogP contribution in [0.25, 0.3) is 0 Å². The topological polar surface area (TPSA) is 75.6 Å². The summed E-state index contributed by atoms with van der Waals surface area (Å²) in [6.07, 6.45) is -4.53. The highest BCUT2D eigenvalue weighted by Crippen LogP contribution is 2.37. The normalized spacial score (nSPS) is 11.3. The lowest BCUT2D eigenvalue weighted by Gasteiger charge is -2.24. The van der Waals surface area contributed by atoms with E-state index in [-0.39, 0.29) is 16.6 Å². The highest BCUT2D eigenvalue weighted by molar-refractivity contribution is 9.08. The maximum atomic E-state index is 12.8. The van der Waals surface area contributed by atoms with Crippen molar-refractivity contribution < 1.29 is 18.0 Å². The van der Waals surface area contributed by atoms with Crippen LogP contribution in [0, 0.1) is 0 Å². The molecule has 0 saturated heterocycles.